The Balaban J connectivity index is 2.26. The molecule has 0 aliphatic heterocycles. The third-order valence-electron chi connectivity index (χ3n) is 3.25. The van der Waals surface area contributed by atoms with Crippen LogP contribution in [0.15, 0.2) is 39.0 Å². The van der Waals surface area contributed by atoms with E-state index in [9.17, 15) is 22.8 Å². The van der Waals surface area contributed by atoms with Gasteiger partial charge >= 0.3 is 11.9 Å². The number of imidazole rings is 1. The molecular weight excluding hydrogens is 345 g/mol. The predicted octanol–water partition coefficient (Wildman–Crippen LogP) is 2.53. The molecule has 2 aromatic heterocycles. The maximum absolute atomic E-state index is 12.7. The maximum atomic E-state index is 12.7. The second kappa shape index (κ2) is 5.86. The molecule has 0 fully saturated rings. The first-order chi connectivity index (χ1) is 11.3. The molecule has 2 N–H and O–H groups in total. The summed E-state index contributed by atoms with van der Waals surface area (Å²) < 4.78 is 39.6. The normalized spacial score (nSPS) is 12.0. The van der Waals surface area contributed by atoms with E-state index in [0.717, 1.165) is 12.1 Å². The van der Waals surface area contributed by atoms with Gasteiger partial charge in [-0.2, -0.15) is 13.2 Å². The van der Waals surface area contributed by atoms with Crippen molar-refractivity contribution in [1.29, 1.82) is 0 Å². The number of hydrogen-bond donors (Lipinski definition) is 2. The van der Waals surface area contributed by atoms with Crippen LogP contribution in [0, 0.1) is 0 Å². The Hall–Kier alpha value is -2.49. The number of aromatic nitrogens is 4. The second-order valence-electron chi connectivity index (χ2n) is 4.81. The molecule has 3 rings (SSSR count). The van der Waals surface area contributed by atoms with Crippen molar-refractivity contribution >= 4 is 22.9 Å². The number of nitrogens with zero attached hydrogens (tertiary/aromatic N) is 2. The summed E-state index contributed by atoms with van der Waals surface area (Å²) in [6.07, 6.45) is -4.44. The highest BCUT2D eigenvalue weighted by atomic mass is 32.2. The van der Waals surface area contributed by atoms with Gasteiger partial charge in [0.05, 0.1) is 5.56 Å². The lowest BCUT2D eigenvalue weighted by Gasteiger charge is -2.10. The van der Waals surface area contributed by atoms with E-state index in [0.29, 0.717) is 16.6 Å². The molecule has 0 radical (unpaired) electrons. The minimum atomic E-state index is -4.44. The Morgan fingerprint density at radius 3 is 2.42 bits per heavy atom. The Morgan fingerprint density at radius 2 is 1.83 bits per heavy atom. The van der Waals surface area contributed by atoms with Gasteiger partial charge in [-0.05, 0) is 30.0 Å². The number of alkyl halides is 3. The van der Waals surface area contributed by atoms with Gasteiger partial charge in [-0.3, -0.25) is 19.3 Å². The third-order valence-corrected chi connectivity index (χ3v) is 4.07. The molecule has 0 spiro atoms. The van der Waals surface area contributed by atoms with Crippen molar-refractivity contribution in [2.45, 2.75) is 18.3 Å². The summed E-state index contributed by atoms with van der Waals surface area (Å²) in [5.74, 6) is 0.631. The molecule has 2 heterocycles. The zero-order valence-corrected chi connectivity index (χ0v) is 13.1. The number of halogens is 3. The summed E-state index contributed by atoms with van der Waals surface area (Å²) in [6, 6.07) is 4.41. The first kappa shape index (κ1) is 16.4. The van der Waals surface area contributed by atoms with E-state index < -0.39 is 23.0 Å². The van der Waals surface area contributed by atoms with Crippen LogP contribution in [0.1, 0.15) is 12.5 Å². The van der Waals surface area contributed by atoms with Crippen LogP contribution in [0.3, 0.4) is 0 Å². The molecule has 0 saturated carbocycles. The van der Waals surface area contributed by atoms with Gasteiger partial charge < -0.3 is 0 Å². The van der Waals surface area contributed by atoms with Gasteiger partial charge in [-0.15, -0.1) is 0 Å². The minimum absolute atomic E-state index is 0.0189. The lowest BCUT2D eigenvalue weighted by Crippen LogP contribution is -2.22. The topological polar surface area (TPSA) is 83.5 Å². The zero-order valence-electron chi connectivity index (χ0n) is 12.3. The molecule has 24 heavy (non-hydrogen) atoms. The van der Waals surface area contributed by atoms with Gasteiger partial charge in [-0.25, -0.2) is 9.78 Å². The first-order valence-corrected chi connectivity index (χ1v) is 7.85. The Labute approximate surface area is 136 Å². The van der Waals surface area contributed by atoms with Crippen LogP contribution in [-0.4, -0.2) is 25.3 Å². The molecule has 0 unspecified atom stereocenters. The average molecular weight is 356 g/mol. The number of nitrogens with one attached hydrogen (secondary N) is 2. The fraction of sp³-hybridized carbons (Fsp3) is 0.214. The van der Waals surface area contributed by atoms with Crippen molar-refractivity contribution in [3.8, 4) is 5.69 Å². The SMILES string of the molecule is CCSc1nc2c(=O)[nH]c(=O)[nH]c2n1-c1ccc(C(F)(F)F)cc1. The van der Waals surface area contributed by atoms with Gasteiger partial charge in [0.15, 0.2) is 16.3 Å². The van der Waals surface area contributed by atoms with E-state index in [2.05, 4.69) is 15.0 Å². The van der Waals surface area contributed by atoms with Crippen LogP contribution in [-0.2, 0) is 6.18 Å². The van der Waals surface area contributed by atoms with E-state index in [-0.39, 0.29) is 11.2 Å². The molecule has 0 saturated heterocycles. The first-order valence-electron chi connectivity index (χ1n) is 6.86. The number of rotatable bonds is 3. The monoisotopic (exact) mass is 356 g/mol. The van der Waals surface area contributed by atoms with Crippen LogP contribution in [0.2, 0.25) is 0 Å². The van der Waals surface area contributed by atoms with Gasteiger partial charge in [-0.1, -0.05) is 18.7 Å². The molecule has 3 aromatic rings. The highest BCUT2D eigenvalue weighted by molar-refractivity contribution is 7.99. The van der Waals surface area contributed by atoms with E-state index in [1.165, 1.54) is 28.5 Å². The van der Waals surface area contributed by atoms with Crippen molar-refractivity contribution in [2.75, 3.05) is 5.75 Å². The van der Waals surface area contributed by atoms with Crippen molar-refractivity contribution in [1.82, 2.24) is 19.5 Å². The quantitative estimate of drug-likeness (QED) is 0.707. The second-order valence-corrected chi connectivity index (χ2v) is 6.04. The van der Waals surface area contributed by atoms with E-state index in [1.54, 1.807) is 0 Å². The number of fused-ring (bicyclic) bond motifs is 1. The summed E-state index contributed by atoms with van der Waals surface area (Å²) >= 11 is 1.30. The fourth-order valence-corrected chi connectivity index (χ4v) is 2.98. The third kappa shape index (κ3) is 2.84. The molecule has 0 bridgehead atoms. The van der Waals surface area contributed by atoms with Gasteiger partial charge in [0.2, 0.25) is 0 Å². The molecule has 0 atom stereocenters. The van der Waals surface area contributed by atoms with Gasteiger partial charge in [0.25, 0.3) is 5.56 Å². The van der Waals surface area contributed by atoms with E-state index >= 15 is 0 Å². The molecule has 0 amide bonds. The standard InChI is InChI=1S/C14H11F3N4O2S/c1-2-24-13-18-9-10(19-12(23)20-11(9)22)21(13)8-5-3-7(4-6-8)14(15,16)17/h3-6H,2H2,1H3,(H2,19,20,22,23). The van der Waals surface area contributed by atoms with Crippen LogP contribution in [0.25, 0.3) is 16.9 Å². The molecule has 10 heteroatoms. The summed E-state index contributed by atoms with van der Waals surface area (Å²) in [4.78, 5) is 32.1. The molecule has 0 aliphatic carbocycles. The lowest BCUT2D eigenvalue weighted by molar-refractivity contribution is -0.137. The summed E-state index contributed by atoms with van der Waals surface area (Å²) in [7, 11) is 0. The van der Waals surface area contributed by atoms with Crippen molar-refractivity contribution in [3.63, 3.8) is 0 Å². The predicted molar refractivity (Wildman–Crippen MR) is 83.7 cm³/mol. The van der Waals surface area contributed by atoms with Crippen molar-refractivity contribution in [2.24, 2.45) is 0 Å². The van der Waals surface area contributed by atoms with Crippen LogP contribution in [0.4, 0.5) is 13.2 Å². The van der Waals surface area contributed by atoms with Crippen LogP contribution in [0.5, 0.6) is 0 Å². The highest BCUT2D eigenvalue weighted by Gasteiger charge is 2.30. The smallest absolute Gasteiger partial charge is 0.291 e. The van der Waals surface area contributed by atoms with Crippen molar-refractivity contribution in [3.05, 3.63) is 50.7 Å². The molecular formula is C14H11F3N4O2S. The maximum Gasteiger partial charge on any atom is 0.416 e. The molecule has 0 aliphatic rings. The van der Waals surface area contributed by atoms with E-state index in [4.69, 9.17) is 0 Å². The number of hydrogen-bond acceptors (Lipinski definition) is 4. The Bertz CT molecular complexity index is 1000. The largest absolute Gasteiger partial charge is 0.416 e. The van der Waals surface area contributed by atoms with Crippen molar-refractivity contribution < 1.29 is 13.2 Å². The fourth-order valence-electron chi connectivity index (χ4n) is 2.24. The molecule has 6 nitrogen and oxygen atoms in total. The summed E-state index contributed by atoms with van der Waals surface area (Å²) in [5, 5.41) is 0.402. The summed E-state index contributed by atoms with van der Waals surface area (Å²) in [5.41, 5.74) is -1.63. The number of aromatic amines is 2. The summed E-state index contributed by atoms with van der Waals surface area (Å²) in [6.45, 7) is 1.87. The zero-order chi connectivity index (χ0) is 17.5. The Morgan fingerprint density at radius 1 is 1.17 bits per heavy atom. The molecule has 1 aromatic carbocycles. The number of benzene rings is 1. The van der Waals surface area contributed by atoms with Gasteiger partial charge in [0, 0.05) is 5.69 Å². The lowest BCUT2D eigenvalue weighted by atomic mass is 10.2. The minimum Gasteiger partial charge on any atom is -0.291 e. The average Bonchev–Trinajstić information content (AvgIpc) is 2.85. The van der Waals surface area contributed by atoms with Crippen LogP contribution >= 0.6 is 11.8 Å². The van der Waals surface area contributed by atoms with E-state index in [1.807, 2.05) is 6.92 Å². The Kier molecular flexibility index (Phi) is 3.99. The molecule has 126 valence electrons. The van der Waals surface area contributed by atoms with Crippen LogP contribution < -0.4 is 11.2 Å². The highest BCUT2D eigenvalue weighted by Crippen LogP contribution is 2.31. The number of H-pyrrole nitrogens is 2. The number of thioether (sulfide) groups is 1. The van der Waals surface area contributed by atoms with Gasteiger partial charge in [0.1, 0.15) is 0 Å².